The van der Waals surface area contributed by atoms with Crippen LogP contribution in [0.2, 0.25) is 5.02 Å². The molecule has 1 fully saturated rings. The summed E-state index contributed by atoms with van der Waals surface area (Å²) in [5.41, 5.74) is 0.755. The van der Waals surface area contributed by atoms with E-state index in [-0.39, 0.29) is 11.5 Å². The van der Waals surface area contributed by atoms with E-state index in [0.717, 1.165) is 5.69 Å². The molecule has 0 bridgehead atoms. The van der Waals surface area contributed by atoms with Crippen LogP contribution in [-0.4, -0.2) is 37.2 Å². The standard InChI is InChI=1S/C10H12ClNO3S/c11-7-1-3-8(4-2-7)12-9-5-16(14,15)6-10(9)13/h1-4,9-10,12-13H,5-6H2/t9-,10-/m1/s1. The molecule has 1 heterocycles. The molecule has 0 saturated carbocycles. The molecule has 6 heteroatoms. The van der Waals surface area contributed by atoms with E-state index in [1.807, 2.05) is 0 Å². The molecule has 0 aliphatic carbocycles. The minimum absolute atomic E-state index is 0.0310. The molecule has 88 valence electrons. The Kier molecular flexibility index (Phi) is 3.10. The van der Waals surface area contributed by atoms with E-state index in [0.29, 0.717) is 5.02 Å². The lowest BCUT2D eigenvalue weighted by atomic mass is 10.2. The van der Waals surface area contributed by atoms with E-state index in [4.69, 9.17) is 11.6 Å². The van der Waals surface area contributed by atoms with Crippen molar-refractivity contribution in [3.8, 4) is 0 Å². The van der Waals surface area contributed by atoms with Crippen LogP contribution in [-0.2, 0) is 9.84 Å². The van der Waals surface area contributed by atoms with Crippen LogP contribution in [0.4, 0.5) is 5.69 Å². The third kappa shape index (κ3) is 2.66. The van der Waals surface area contributed by atoms with Crippen molar-refractivity contribution in [1.29, 1.82) is 0 Å². The van der Waals surface area contributed by atoms with Crippen LogP contribution in [0.1, 0.15) is 0 Å². The Morgan fingerprint density at radius 3 is 2.38 bits per heavy atom. The van der Waals surface area contributed by atoms with Gasteiger partial charge >= 0.3 is 0 Å². The van der Waals surface area contributed by atoms with Crippen LogP contribution >= 0.6 is 11.6 Å². The first kappa shape index (κ1) is 11.7. The van der Waals surface area contributed by atoms with Gasteiger partial charge in [0, 0.05) is 10.7 Å². The van der Waals surface area contributed by atoms with Crippen molar-refractivity contribution in [2.75, 3.05) is 16.8 Å². The second kappa shape index (κ2) is 4.24. The minimum atomic E-state index is -3.11. The largest absolute Gasteiger partial charge is 0.390 e. The number of benzene rings is 1. The highest BCUT2D eigenvalue weighted by Crippen LogP contribution is 2.19. The summed E-state index contributed by atoms with van der Waals surface area (Å²) in [5.74, 6) is -0.199. The SMILES string of the molecule is O=S1(=O)C[C@@H](O)[C@H](Nc2ccc(Cl)cc2)C1. The van der Waals surface area contributed by atoms with Crippen molar-refractivity contribution < 1.29 is 13.5 Å². The lowest BCUT2D eigenvalue weighted by Crippen LogP contribution is -2.31. The van der Waals surface area contributed by atoms with Crippen LogP contribution < -0.4 is 5.32 Å². The van der Waals surface area contributed by atoms with Gasteiger partial charge in [-0.25, -0.2) is 8.42 Å². The summed E-state index contributed by atoms with van der Waals surface area (Å²) in [7, 11) is -3.11. The molecule has 16 heavy (non-hydrogen) atoms. The Morgan fingerprint density at radius 1 is 1.25 bits per heavy atom. The van der Waals surface area contributed by atoms with Crippen molar-refractivity contribution in [2.45, 2.75) is 12.1 Å². The van der Waals surface area contributed by atoms with Crippen LogP contribution in [0.15, 0.2) is 24.3 Å². The number of hydrogen-bond acceptors (Lipinski definition) is 4. The van der Waals surface area contributed by atoms with Gasteiger partial charge in [-0.1, -0.05) is 11.6 Å². The normalized spacial score (nSPS) is 27.9. The zero-order valence-electron chi connectivity index (χ0n) is 8.43. The number of aliphatic hydroxyl groups excluding tert-OH is 1. The first-order valence-corrected chi connectivity index (χ1v) is 7.07. The summed E-state index contributed by atoms with van der Waals surface area (Å²) in [6.07, 6.45) is -0.847. The Bertz CT molecular complexity index is 471. The van der Waals surface area contributed by atoms with Crippen molar-refractivity contribution in [2.24, 2.45) is 0 Å². The molecule has 0 spiro atoms. The third-order valence-electron chi connectivity index (χ3n) is 2.52. The molecule has 2 N–H and O–H groups in total. The molecule has 1 aliphatic rings. The molecule has 0 unspecified atom stereocenters. The maximum atomic E-state index is 11.3. The molecule has 0 amide bonds. The summed E-state index contributed by atoms with van der Waals surface area (Å²) in [6.45, 7) is 0. The molecule has 4 nitrogen and oxygen atoms in total. The van der Waals surface area contributed by atoms with Gasteiger partial charge in [-0.2, -0.15) is 0 Å². The lowest BCUT2D eigenvalue weighted by Gasteiger charge is -2.16. The molecular weight excluding hydrogens is 250 g/mol. The Morgan fingerprint density at radius 2 is 1.88 bits per heavy atom. The molecule has 0 aromatic heterocycles. The fourth-order valence-corrected chi connectivity index (χ4v) is 3.59. The number of rotatable bonds is 2. The van der Waals surface area contributed by atoms with E-state index in [1.54, 1.807) is 24.3 Å². The fraction of sp³-hybridized carbons (Fsp3) is 0.400. The van der Waals surface area contributed by atoms with Gasteiger partial charge in [-0.15, -0.1) is 0 Å². The van der Waals surface area contributed by atoms with E-state index >= 15 is 0 Å². The zero-order valence-corrected chi connectivity index (χ0v) is 10.0. The number of aliphatic hydroxyl groups is 1. The van der Waals surface area contributed by atoms with Crippen molar-refractivity contribution in [3.63, 3.8) is 0 Å². The Hall–Kier alpha value is -0.780. The quantitative estimate of drug-likeness (QED) is 0.831. The predicted octanol–water partition coefficient (Wildman–Crippen LogP) is 0.910. The average molecular weight is 262 g/mol. The van der Waals surface area contributed by atoms with E-state index < -0.39 is 22.0 Å². The third-order valence-corrected chi connectivity index (χ3v) is 4.49. The van der Waals surface area contributed by atoms with Gasteiger partial charge in [-0.05, 0) is 24.3 Å². The zero-order chi connectivity index (χ0) is 11.8. The van der Waals surface area contributed by atoms with Gasteiger partial charge in [-0.3, -0.25) is 0 Å². The maximum absolute atomic E-state index is 11.3. The molecular formula is C10H12ClNO3S. The summed E-state index contributed by atoms with van der Waals surface area (Å²) in [6, 6.07) is 6.48. The molecule has 2 atom stereocenters. The maximum Gasteiger partial charge on any atom is 0.155 e. The van der Waals surface area contributed by atoms with Gasteiger partial charge in [0.2, 0.25) is 0 Å². The second-order valence-corrected chi connectivity index (χ2v) is 6.49. The minimum Gasteiger partial charge on any atom is -0.390 e. The Labute approximate surface area is 99.2 Å². The highest BCUT2D eigenvalue weighted by atomic mass is 35.5. The fourth-order valence-electron chi connectivity index (χ4n) is 1.73. The van der Waals surface area contributed by atoms with Gasteiger partial charge < -0.3 is 10.4 Å². The summed E-state index contributed by atoms with van der Waals surface area (Å²) < 4.78 is 22.5. The number of anilines is 1. The Balaban J connectivity index is 2.08. The van der Waals surface area contributed by atoms with Crippen molar-refractivity contribution in [3.05, 3.63) is 29.3 Å². The summed E-state index contributed by atoms with van der Waals surface area (Å²) in [5, 5.41) is 13.2. The highest BCUT2D eigenvalue weighted by Gasteiger charge is 2.36. The van der Waals surface area contributed by atoms with Gasteiger partial charge in [0.05, 0.1) is 23.7 Å². The molecule has 1 aliphatic heterocycles. The first-order valence-electron chi connectivity index (χ1n) is 4.87. The van der Waals surface area contributed by atoms with E-state index in [2.05, 4.69) is 5.32 Å². The first-order chi connectivity index (χ1) is 7.46. The van der Waals surface area contributed by atoms with Gasteiger partial charge in [0.15, 0.2) is 9.84 Å². The molecule has 1 aromatic rings. The van der Waals surface area contributed by atoms with Crippen LogP contribution in [0.25, 0.3) is 0 Å². The van der Waals surface area contributed by atoms with Crippen molar-refractivity contribution in [1.82, 2.24) is 0 Å². The molecule has 1 saturated heterocycles. The van der Waals surface area contributed by atoms with Gasteiger partial charge in [0.1, 0.15) is 0 Å². The van der Waals surface area contributed by atoms with E-state index in [9.17, 15) is 13.5 Å². The average Bonchev–Trinajstić information content (AvgIpc) is 2.44. The second-order valence-electron chi connectivity index (χ2n) is 3.90. The molecule has 0 radical (unpaired) electrons. The molecule has 2 rings (SSSR count). The van der Waals surface area contributed by atoms with Crippen LogP contribution in [0.5, 0.6) is 0 Å². The van der Waals surface area contributed by atoms with Crippen molar-refractivity contribution >= 4 is 27.1 Å². The highest BCUT2D eigenvalue weighted by molar-refractivity contribution is 7.91. The topological polar surface area (TPSA) is 66.4 Å². The molecule has 1 aromatic carbocycles. The number of nitrogens with one attached hydrogen (secondary N) is 1. The predicted molar refractivity (Wildman–Crippen MR) is 63.5 cm³/mol. The number of halogens is 1. The van der Waals surface area contributed by atoms with Crippen LogP contribution in [0.3, 0.4) is 0 Å². The summed E-state index contributed by atoms with van der Waals surface area (Å²) in [4.78, 5) is 0. The van der Waals surface area contributed by atoms with Gasteiger partial charge in [0.25, 0.3) is 0 Å². The number of hydrogen-bond donors (Lipinski definition) is 2. The van der Waals surface area contributed by atoms with Crippen LogP contribution in [0, 0.1) is 0 Å². The smallest absolute Gasteiger partial charge is 0.155 e. The lowest BCUT2D eigenvalue weighted by molar-refractivity contribution is 0.190. The number of sulfone groups is 1. The summed E-state index contributed by atoms with van der Waals surface area (Å²) >= 11 is 5.73. The van der Waals surface area contributed by atoms with E-state index in [1.165, 1.54) is 0 Å². The monoisotopic (exact) mass is 261 g/mol.